The molecule has 3 heterocycles. The van der Waals surface area contributed by atoms with Crippen LogP contribution in [0.2, 0.25) is 0 Å². The van der Waals surface area contributed by atoms with Gasteiger partial charge in [0.25, 0.3) is 5.56 Å². The zero-order chi connectivity index (χ0) is 25.0. The number of anilines is 1. The molecule has 0 unspecified atom stereocenters. The molecule has 0 spiro atoms. The summed E-state index contributed by atoms with van der Waals surface area (Å²) in [6, 6.07) is 5.22. The molecule has 2 aliphatic rings. The van der Waals surface area contributed by atoms with Crippen molar-refractivity contribution in [3.8, 4) is 0 Å². The molecular weight excluding hydrogens is 448 g/mol. The number of aromatic nitrogens is 5. The summed E-state index contributed by atoms with van der Waals surface area (Å²) in [6.45, 7) is 0. The van der Waals surface area contributed by atoms with Crippen molar-refractivity contribution in [3.05, 3.63) is 46.6 Å². The minimum atomic E-state index is -0.407. The molecule has 4 N–H and O–H groups in total. The molecule has 2 saturated carbocycles. The second-order valence-corrected chi connectivity index (χ2v) is 9.08. The van der Waals surface area contributed by atoms with E-state index in [4.69, 9.17) is 5.73 Å². The van der Waals surface area contributed by atoms with Gasteiger partial charge in [0.2, 0.25) is 0 Å². The topological polar surface area (TPSA) is 148 Å². The molecule has 3 aromatic rings. The molecule has 3 aromatic heterocycles. The van der Waals surface area contributed by atoms with E-state index in [1.807, 2.05) is 6.07 Å². The molecule has 10 nitrogen and oxygen atoms in total. The van der Waals surface area contributed by atoms with Crippen LogP contribution in [-0.2, 0) is 14.3 Å². The molecular formula is C25H36N6O4. The first-order valence-electron chi connectivity index (χ1n) is 12.4. The molecule has 0 saturated heterocycles. The van der Waals surface area contributed by atoms with Gasteiger partial charge < -0.3 is 10.5 Å². The highest BCUT2D eigenvalue weighted by molar-refractivity contribution is 5.96. The largest absolute Gasteiger partial charge is 0.469 e. The Bertz CT molecular complexity index is 1110. The highest BCUT2D eigenvalue weighted by atomic mass is 16.5. The molecule has 2 fully saturated rings. The molecule has 0 atom stereocenters. The number of hydrogen-bond donors (Lipinski definition) is 3. The number of ether oxygens (including phenoxy) is 1. The monoisotopic (exact) mass is 484 g/mol. The van der Waals surface area contributed by atoms with E-state index in [-0.39, 0.29) is 23.7 Å². The van der Waals surface area contributed by atoms with Gasteiger partial charge in [-0.25, -0.2) is 9.50 Å². The van der Waals surface area contributed by atoms with Crippen LogP contribution in [0.15, 0.2) is 35.4 Å². The summed E-state index contributed by atoms with van der Waals surface area (Å²) >= 11 is 0. The lowest BCUT2D eigenvalue weighted by molar-refractivity contribution is -0.144. The number of nitrogens with zero attached hydrogens (tertiary/aromatic N) is 3. The molecule has 0 amide bonds. The lowest BCUT2D eigenvalue weighted by Crippen LogP contribution is -2.21. The summed E-state index contributed by atoms with van der Waals surface area (Å²) in [4.78, 5) is 38.6. The van der Waals surface area contributed by atoms with Gasteiger partial charge in [0.15, 0.2) is 5.65 Å². The third-order valence-electron chi connectivity index (χ3n) is 6.55. The summed E-state index contributed by atoms with van der Waals surface area (Å²) in [5.41, 5.74) is 6.86. The van der Waals surface area contributed by atoms with Crippen LogP contribution in [0, 0.1) is 5.92 Å². The number of Topliss-reactive ketones (excluding diaryl/α,β-unsaturated/α-hetero) is 1. The van der Waals surface area contributed by atoms with Gasteiger partial charge in [-0.3, -0.25) is 24.6 Å². The van der Waals surface area contributed by atoms with E-state index in [2.05, 4.69) is 25.0 Å². The van der Waals surface area contributed by atoms with E-state index in [9.17, 15) is 14.4 Å². The first-order valence-corrected chi connectivity index (χ1v) is 12.4. The van der Waals surface area contributed by atoms with Crippen molar-refractivity contribution >= 4 is 23.2 Å². The van der Waals surface area contributed by atoms with Gasteiger partial charge in [0, 0.05) is 30.2 Å². The van der Waals surface area contributed by atoms with Gasteiger partial charge in [-0.15, -0.1) is 0 Å². The number of nitrogens with two attached hydrogens (primary N) is 1. The lowest BCUT2D eigenvalue weighted by atomic mass is 9.85. The van der Waals surface area contributed by atoms with Crippen molar-refractivity contribution in [3.63, 3.8) is 0 Å². The number of hydrogen-bond acceptors (Lipinski definition) is 7. The number of methoxy groups -OCH3 is 1. The Morgan fingerprint density at radius 3 is 2.34 bits per heavy atom. The van der Waals surface area contributed by atoms with Gasteiger partial charge in [-0.05, 0) is 31.7 Å². The van der Waals surface area contributed by atoms with Gasteiger partial charge in [-0.1, -0.05) is 38.5 Å². The van der Waals surface area contributed by atoms with E-state index in [0.717, 1.165) is 37.0 Å². The van der Waals surface area contributed by atoms with Crippen molar-refractivity contribution in [1.82, 2.24) is 24.8 Å². The Hall–Kier alpha value is -3.43. The van der Waals surface area contributed by atoms with Gasteiger partial charge in [-0.2, -0.15) is 5.10 Å². The van der Waals surface area contributed by atoms with Crippen molar-refractivity contribution in [2.24, 2.45) is 5.92 Å². The van der Waals surface area contributed by atoms with Crippen molar-refractivity contribution in [2.75, 3.05) is 12.8 Å². The maximum Gasteiger partial charge on any atom is 0.313 e. The maximum atomic E-state index is 11.8. The molecule has 2 aliphatic carbocycles. The smallest absolute Gasteiger partial charge is 0.313 e. The number of ketones is 1. The number of carbonyl (C=O) groups excluding carboxylic acids is 2. The number of esters is 1. The Morgan fingerprint density at radius 1 is 1.09 bits per heavy atom. The third-order valence-corrected chi connectivity index (χ3v) is 6.55. The number of nitrogen functional groups attached to an aromatic ring is 1. The number of carbonyl (C=O) groups is 2. The SMILES string of the molecule is COC(=O)CC(=O)C1CCCCC1.Nc1ccn[nH]1.O=c1cc(C2CCCCC2)nc2cc[nH]n12. The van der Waals surface area contributed by atoms with E-state index >= 15 is 0 Å². The number of rotatable bonds is 4. The van der Waals surface area contributed by atoms with Crippen LogP contribution in [0.1, 0.15) is 82.2 Å². The molecule has 10 heteroatoms. The highest BCUT2D eigenvalue weighted by Crippen LogP contribution is 2.31. The van der Waals surface area contributed by atoms with E-state index in [1.54, 1.807) is 24.5 Å². The summed E-state index contributed by atoms with van der Waals surface area (Å²) in [6.07, 6.45) is 14.9. The fourth-order valence-corrected chi connectivity index (χ4v) is 4.60. The molecule has 0 aromatic carbocycles. The second-order valence-electron chi connectivity index (χ2n) is 9.08. The number of H-pyrrole nitrogens is 2. The summed E-state index contributed by atoms with van der Waals surface area (Å²) < 4.78 is 5.93. The summed E-state index contributed by atoms with van der Waals surface area (Å²) in [7, 11) is 1.32. The van der Waals surface area contributed by atoms with Crippen LogP contribution in [0.5, 0.6) is 0 Å². The first-order chi connectivity index (χ1) is 17.0. The van der Waals surface area contributed by atoms with Crippen LogP contribution < -0.4 is 11.3 Å². The number of fused-ring (bicyclic) bond motifs is 1. The van der Waals surface area contributed by atoms with Gasteiger partial charge >= 0.3 is 5.97 Å². The van der Waals surface area contributed by atoms with Crippen molar-refractivity contribution in [2.45, 2.75) is 76.5 Å². The average Bonchev–Trinajstić information content (AvgIpc) is 3.57. The fraction of sp³-hybridized carbons (Fsp3) is 0.560. The van der Waals surface area contributed by atoms with Crippen LogP contribution in [0.25, 0.3) is 5.65 Å². The van der Waals surface area contributed by atoms with Crippen LogP contribution >= 0.6 is 0 Å². The summed E-state index contributed by atoms with van der Waals surface area (Å²) in [5.74, 6) is 0.867. The lowest BCUT2D eigenvalue weighted by Gasteiger charge is -2.20. The number of nitrogens with one attached hydrogen (secondary N) is 2. The van der Waals surface area contributed by atoms with Crippen molar-refractivity contribution in [1.29, 1.82) is 0 Å². The van der Waals surface area contributed by atoms with Crippen LogP contribution in [0.4, 0.5) is 5.82 Å². The molecule has 35 heavy (non-hydrogen) atoms. The van der Waals surface area contributed by atoms with Crippen LogP contribution in [-0.4, -0.2) is 43.7 Å². The van der Waals surface area contributed by atoms with Gasteiger partial charge in [0.05, 0.1) is 19.0 Å². The second kappa shape index (κ2) is 13.5. The van der Waals surface area contributed by atoms with Crippen LogP contribution in [0.3, 0.4) is 0 Å². The normalized spacial score (nSPS) is 16.5. The Morgan fingerprint density at radius 2 is 1.77 bits per heavy atom. The number of aromatic amines is 2. The predicted molar refractivity (Wildman–Crippen MR) is 133 cm³/mol. The molecule has 0 aliphatic heterocycles. The van der Waals surface area contributed by atoms with E-state index in [0.29, 0.717) is 11.7 Å². The molecule has 0 bridgehead atoms. The van der Waals surface area contributed by atoms with E-state index in [1.165, 1.54) is 50.2 Å². The zero-order valence-electron chi connectivity index (χ0n) is 20.4. The Balaban J connectivity index is 0.000000161. The molecule has 190 valence electrons. The van der Waals surface area contributed by atoms with Crippen molar-refractivity contribution < 1.29 is 14.3 Å². The molecule has 5 rings (SSSR count). The standard InChI is InChI=1S/C12H15N3O.C10H16O3.C3H5N3/c16-12-8-10(9-4-2-1-3-5-9)14-11-6-7-13-15(11)12;1-13-10(12)7-9(11)8-5-3-2-4-6-8;4-3-1-2-5-6-3/h6-9,13H,1-5H2;8H,2-7H2,1H3;1-2H,(H3,4,5,6). The predicted octanol–water partition coefficient (Wildman–Crippen LogP) is 3.76. The Labute approximate surface area is 204 Å². The molecule has 0 radical (unpaired) electrons. The zero-order valence-corrected chi connectivity index (χ0v) is 20.4. The van der Waals surface area contributed by atoms with E-state index < -0.39 is 5.97 Å². The quantitative estimate of drug-likeness (QED) is 0.377. The fourth-order valence-electron chi connectivity index (χ4n) is 4.60. The third kappa shape index (κ3) is 8.08. The minimum absolute atomic E-state index is 0.00410. The average molecular weight is 485 g/mol. The Kier molecular flexibility index (Phi) is 10.1. The maximum absolute atomic E-state index is 11.8. The summed E-state index contributed by atoms with van der Waals surface area (Å²) in [5, 5.41) is 8.96. The minimum Gasteiger partial charge on any atom is -0.469 e. The van der Waals surface area contributed by atoms with Gasteiger partial charge in [0.1, 0.15) is 18.0 Å². The first kappa shape index (κ1) is 26.2. The highest BCUT2D eigenvalue weighted by Gasteiger charge is 2.23.